The van der Waals surface area contributed by atoms with Crippen molar-refractivity contribution in [3.05, 3.63) is 41.6 Å². The first kappa shape index (κ1) is 26.0. The van der Waals surface area contributed by atoms with Crippen molar-refractivity contribution < 1.29 is 14.3 Å². The van der Waals surface area contributed by atoms with E-state index < -0.39 is 5.54 Å². The molecule has 3 aromatic rings. The van der Waals surface area contributed by atoms with Gasteiger partial charge in [-0.15, -0.1) is 0 Å². The van der Waals surface area contributed by atoms with Crippen molar-refractivity contribution in [2.24, 2.45) is 0 Å². The molecular formula is C26H36N6O3. The minimum Gasteiger partial charge on any atom is -0.497 e. The Morgan fingerprint density at radius 2 is 1.94 bits per heavy atom. The number of aromatic nitrogens is 3. The second kappa shape index (κ2) is 11.7. The van der Waals surface area contributed by atoms with E-state index in [1.165, 1.54) is 6.92 Å². The molecule has 2 heterocycles. The van der Waals surface area contributed by atoms with Crippen molar-refractivity contribution >= 4 is 28.7 Å². The molecule has 9 heteroatoms. The van der Waals surface area contributed by atoms with Crippen LogP contribution in [-0.4, -0.2) is 47.2 Å². The third-order valence-corrected chi connectivity index (χ3v) is 5.83. The van der Waals surface area contributed by atoms with Crippen LogP contribution in [0.1, 0.15) is 51.2 Å². The minimum atomic E-state index is -0.397. The highest BCUT2D eigenvalue weighted by Crippen LogP contribution is 2.28. The van der Waals surface area contributed by atoms with E-state index in [1.54, 1.807) is 14.2 Å². The number of aryl methyl sites for hydroxylation is 1. The lowest BCUT2D eigenvalue weighted by molar-refractivity contribution is -0.119. The summed E-state index contributed by atoms with van der Waals surface area (Å²) < 4.78 is 10.8. The number of amides is 1. The number of methoxy groups -OCH3 is 2. The number of nitrogens with one attached hydrogen (secondary N) is 3. The first-order valence-corrected chi connectivity index (χ1v) is 11.9. The number of pyridine rings is 1. The molecule has 1 amide bonds. The van der Waals surface area contributed by atoms with E-state index in [0.29, 0.717) is 30.4 Å². The molecule has 3 rings (SSSR count). The van der Waals surface area contributed by atoms with Crippen LogP contribution < -0.4 is 25.4 Å². The van der Waals surface area contributed by atoms with Gasteiger partial charge in [-0.05, 0) is 44.0 Å². The Hall–Kier alpha value is -3.62. The standard InChI is InChI=1S/C26H36N6O3/c1-7-8-11-26(4,16-29-18(3)33)32-24-23-21(12-17(2)14-27-23)30-25(31-24)28-15-19-9-10-20(34-5)13-22(19)35-6/h9-10,12-14H,7-8,11,15-16H2,1-6H3,(H,29,33)(H2,28,30,31,32)/t26-/m1/s1. The zero-order valence-electron chi connectivity index (χ0n) is 21.5. The number of hydrogen-bond donors (Lipinski definition) is 3. The summed E-state index contributed by atoms with van der Waals surface area (Å²) in [6, 6.07) is 7.68. The number of rotatable bonds is 12. The summed E-state index contributed by atoms with van der Waals surface area (Å²) in [7, 11) is 3.26. The second-order valence-corrected chi connectivity index (χ2v) is 9.01. The quantitative estimate of drug-likeness (QED) is 0.349. The van der Waals surface area contributed by atoms with Crippen molar-refractivity contribution in [3.63, 3.8) is 0 Å². The normalized spacial score (nSPS) is 12.6. The fraction of sp³-hybridized carbons (Fsp3) is 0.462. The van der Waals surface area contributed by atoms with Crippen LogP contribution in [0.25, 0.3) is 11.0 Å². The van der Waals surface area contributed by atoms with Gasteiger partial charge in [-0.3, -0.25) is 9.78 Å². The lowest BCUT2D eigenvalue weighted by Crippen LogP contribution is -2.46. The third-order valence-electron chi connectivity index (χ3n) is 5.83. The van der Waals surface area contributed by atoms with Crippen LogP contribution >= 0.6 is 0 Å². The maximum absolute atomic E-state index is 11.6. The van der Waals surface area contributed by atoms with E-state index in [9.17, 15) is 4.79 Å². The van der Waals surface area contributed by atoms with Gasteiger partial charge in [0.2, 0.25) is 11.9 Å². The van der Waals surface area contributed by atoms with Gasteiger partial charge in [0.05, 0.1) is 25.3 Å². The largest absolute Gasteiger partial charge is 0.497 e. The molecule has 0 saturated heterocycles. The third kappa shape index (κ3) is 6.94. The van der Waals surface area contributed by atoms with E-state index in [0.717, 1.165) is 47.4 Å². The Kier molecular flexibility index (Phi) is 8.68. The molecule has 188 valence electrons. The van der Waals surface area contributed by atoms with Crippen molar-refractivity contribution in [1.82, 2.24) is 20.3 Å². The number of hydrogen-bond acceptors (Lipinski definition) is 8. The summed E-state index contributed by atoms with van der Waals surface area (Å²) >= 11 is 0. The molecule has 0 bridgehead atoms. The van der Waals surface area contributed by atoms with Gasteiger partial charge in [0.1, 0.15) is 17.0 Å². The molecule has 9 nitrogen and oxygen atoms in total. The summed E-state index contributed by atoms with van der Waals surface area (Å²) in [4.78, 5) is 25.7. The van der Waals surface area contributed by atoms with Crippen LogP contribution in [0.4, 0.5) is 11.8 Å². The summed E-state index contributed by atoms with van der Waals surface area (Å²) in [5.74, 6) is 2.49. The fourth-order valence-corrected chi connectivity index (χ4v) is 3.83. The number of ether oxygens (including phenoxy) is 2. The van der Waals surface area contributed by atoms with Crippen LogP contribution in [-0.2, 0) is 11.3 Å². The number of carbonyl (C=O) groups excluding carboxylic acids is 1. The molecule has 0 aliphatic carbocycles. The highest BCUT2D eigenvalue weighted by atomic mass is 16.5. The zero-order valence-corrected chi connectivity index (χ0v) is 21.5. The molecule has 35 heavy (non-hydrogen) atoms. The second-order valence-electron chi connectivity index (χ2n) is 9.01. The summed E-state index contributed by atoms with van der Waals surface area (Å²) in [5.41, 5.74) is 2.99. The van der Waals surface area contributed by atoms with Crippen LogP contribution in [0, 0.1) is 6.92 Å². The molecular weight excluding hydrogens is 444 g/mol. The predicted molar refractivity (Wildman–Crippen MR) is 139 cm³/mol. The summed E-state index contributed by atoms with van der Waals surface area (Å²) in [6.45, 7) is 8.70. The number of nitrogens with zero attached hydrogens (tertiary/aromatic N) is 3. The predicted octanol–water partition coefficient (Wildman–Crippen LogP) is 4.46. The minimum absolute atomic E-state index is 0.0633. The summed E-state index contributed by atoms with van der Waals surface area (Å²) in [6.07, 6.45) is 4.74. The highest BCUT2D eigenvalue weighted by molar-refractivity contribution is 5.87. The Balaban J connectivity index is 1.94. The Morgan fingerprint density at radius 1 is 1.14 bits per heavy atom. The van der Waals surface area contributed by atoms with E-state index in [4.69, 9.17) is 19.4 Å². The van der Waals surface area contributed by atoms with Crippen LogP contribution in [0.3, 0.4) is 0 Å². The van der Waals surface area contributed by atoms with Crippen molar-refractivity contribution in [1.29, 1.82) is 0 Å². The maximum atomic E-state index is 11.6. The number of carbonyl (C=O) groups is 1. The molecule has 0 spiro atoms. The van der Waals surface area contributed by atoms with Crippen molar-refractivity contribution in [2.75, 3.05) is 31.4 Å². The van der Waals surface area contributed by atoms with E-state index >= 15 is 0 Å². The first-order valence-electron chi connectivity index (χ1n) is 11.9. The topological polar surface area (TPSA) is 110 Å². The number of benzene rings is 1. The van der Waals surface area contributed by atoms with Crippen LogP contribution in [0.2, 0.25) is 0 Å². The van der Waals surface area contributed by atoms with Gasteiger partial charge in [0, 0.05) is 37.8 Å². The van der Waals surface area contributed by atoms with Crippen molar-refractivity contribution in [3.8, 4) is 11.5 Å². The summed E-state index contributed by atoms with van der Waals surface area (Å²) in [5, 5.41) is 9.85. The Labute approximate surface area is 207 Å². The molecule has 1 aromatic carbocycles. The van der Waals surface area contributed by atoms with Gasteiger partial charge in [-0.2, -0.15) is 4.98 Å². The van der Waals surface area contributed by atoms with Gasteiger partial charge in [-0.1, -0.05) is 19.8 Å². The van der Waals surface area contributed by atoms with Gasteiger partial charge >= 0.3 is 0 Å². The number of anilines is 2. The molecule has 0 saturated carbocycles. The average molecular weight is 481 g/mol. The van der Waals surface area contributed by atoms with Gasteiger partial charge in [0.15, 0.2) is 5.82 Å². The first-order chi connectivity index (χ1) is 16.8. The van der Waals surface area contributed by atoms with Gasteiger partial charge in [0.25, 0.3) is 0 Å². The van der Waals surface area contributed by atoms with Gasteiger partial charge in [-0.25, -0.2) is 4.98 Å². The zero-order chi connectivity index (χ0) is 25.4. The molecule has 1 atom stereocenters. The van der Waals surface area contributed by atoms with E-state index in [2.05, 4.69) is 34.8 Å². The number of unbranched alkanes of at least 4 members (excludes halogenated alkanes) is 1. The fourth-order valence-electron chi connectivity index (χ4n) is 3.83. The Bertz CT molecular complexity index is 1170. The molecule has 0 aliphatic heterocycles. The lowest BCUT2D eigenvalue weighted by Gasteiger charge is -2.32. The highest BCUT2D eigenvalue weighted by Gasteiger charge is 2.26. The van der Waals surface area contributed by atoms with E-state index in [-0.39, 0.29) is 5.91 Å². The molecule has 3 N–H and O–H groups in total. The Morgan fingerprint density at radius 3 is 2.63 bits per heavy atom. The molecule has 0 radical (unpaired) electrons. The van der Waals surface area contributed by atoms with Crippen LogP contribution in [0.5, 0.6) is 11.5 Å². The van der Waals surface area contributed by atoms with Crippen molar-refractivity contribution in [2.45, 2.75) is 59.0 Å². The average Bonchev–Trinajstić information content (AvgIpc) is 2.84. The molecule has 2 aromatic heterocycles. The lowest BCUT2D eigenvalue weighted by atomic mass is 9.94. The van der Waals surface area contributed by atoms with Crippen LogP contribution in [0.15, 0.2) is 30.5 Å². The van der Waals surface area contributed by atoms with E-state index in [1.807, 2.05) is 37.4 Å². The number of fused-ring (bicyclic) bond motifs is 1. The smallest absolute Gasteiger partial charge is 0.225 e. The SMILES string of the molecule is CCCC[C@](C)(CNC(C)=O)Nc1nc(NCc2ccc(OC)cc2OC)nc2cc(C)cnc12. The molecule has 0 aliphatic rings. The monoisotopic (exact) mass is 480 g/mol. The molecule has 0 unspecified atom stereocenters. The maximum Gasteiger partial charge on any atom is 0.225 e. The molecule has 0 fully saturated rings. The van der Waals surface area contributed by atoms with Gasteiger partial charge < -0.3 is 25.4 Å².